The summed E-state index contributed by atoms with van der Waals surface area (Å²) in [4.78, 5) is 12.4. The molecule has 0 aromatic heterocycles. The zero-order chi connectivity index (χ0) is 18.5. The Morgan fingerprint density at radius 2 is 1.92 bits per heavy atom. The molecular formula is C20H38O3Si. The van der Waals surface area contributed by atoms with E-state index < -0.39 is 19.8 Å². The summed E-state index contributed by atoms with van der Waals surface area (Å²) in [7, 11) is -1.76. The zero-order valence-corrected chi connectivity index (χ0v) is 18.0. The highest BCUT2D eigenvalue weighted by atomic mass is 28.4. The standard InChI is InChI=1S/C20H38O3Si/c1-13(2)16(12-23-24(7,8)19(3,4)5)15-11-20(6)17(21)9-14(15)10-18(20)22/h13-17,21H,9-12H2,1-8H3/t14-,15+,16+,17+,20-/m1/s1. The monoisotopic (exact) mass is 354 g/mol. The van der Waals surface area contributed by atoms with E-state index in [-0.39, 0.29) is 10.8 Å². The van der Waals surface area contributed by atoms with Crippen molar-refractivity contribution in [3.63, 3.8) is 0 Å². The zero-order valence-electron chi connectivity index (χ0n) is 17.0. The van der Waals surface area contributed by atoms with Gasteiger partial charge in [-0.25, -0.2) is 0 Å². The maximum atomic E-state index is 12.4. The van der Waals surface area contributed by atoms with Crippen molar-refractivity contribution in [2.24, 2.45) is 29.1 Å². The number of aliphatic hydroxyl groups excluding tert-OH is 1. The Bertz CT molecular complexity index is 480. The lowest BCUT2D eigenvalue weighted by Gasteiger charge is -2.54. The smallest absolute Gasteiger partial charge is 0.191 e. The molecular weight excluding hydrogens is 316 g/mol. The second kappa shape index (κ2) is 6.51. The van der Waals surface area contributed by atoms with Gasteiger partial charge in [0.15, 0.2) is 8.32 Å². The fourth-order valence-corrected chi connectivity index (χ4v) is 5.39. The molecule has 5 atom stereocenters. The van der Waals surface area contributed by atoms with Crippen LogP contribution in [0.25, 0.3) is 0 Å². The van der Waals surface area contributed by atoms with Crippen LogP contribution in [0.5, 0.6) is 0 Å². The van der Waals surface area contributed by atoms with Gasteiger partial charge in [-0.2, -0.15) is 0 Å². The molecule has 3 aliphatic rings. The maximum Gasteiger partial charge on any atom is 0.191 e. The van der Waals surface area contributed by atoms with Crippen LogP contribution in [-0.2, 0) is 9.22 Å². The van der Waals surface area contributed by atoms with Gasteiger partial charge in [0.25, 0.3) is 0 Å². The minimum Gasteiger partial charge on any atom is -0.417 e. The van der Waals surface area contributed by atoms with Crippen LogP contribution in [0.3, 0.4) is 0 Å². The molecule has 0 unspecified atom stereocenters. The summed E-state index contributed by atoms with van der Waals surface area (Å²) in [6, 6.07) is 0. The van der Waals surface area contributed by atoms with E-state index in [0.717, 1.165) is 19.4 Å². The van der Waals surface area contributed by atoms with Gasteiger partial charge in [-0.1, -0.05) is 41.5 Å². The number of hydrogen-bond acceptors (Lipinski definition) is 3. The van der Waals surface area contributed by atoms with Gasteiger partial charge in [-0.05, 0) is 54.6 Å². The van der Waals surface area contributed by atoms with Crippen molar-refractivity contribution >= 4 is 14.1 Å². The van der Waals surface area contributed by atoms with Crippen LogP contribution in [0, 0.1) is 29.1 Å². The molecule has 0 heterocycles. The number of aliphatic hydroxyl groups is 1. The molecule has 3 rings (SSSR count). The SMILES string of the molecule is CC(C)[C@H](CO[Si](C)(C)C(C)(C)C)[C@H]1C[C@@]2(C)C(=O)C[C@H]1C[C@@H]2O. The number of rotatable bonds is 5. The van der Waals surface area contributed by atoms with Crippen LogP contribution in [0.15, 0.2) is 0 Å². The normalized spacial score (nSPS) is 35.6. The molecule has 0 aromatic carbocycles. The van der Waals surface area contributed by atoms with Crippen molar-refractivity contribution < 1.29 is 14.3 Å². The third-order valence-electron chi connectivity index (χ3n) is 7.46. The fourth-order valence-electron chi connectivity index (χ4n) is 4.35. The quantitative estimate of drug-likeness (QED) is 0.731. The van der Waals surface area contributed by atoms with Gasteiger partial charge >= 0.3 is 0 Å². The van der Waals surface area contributed by atoms with Crippen LogP contribution >= 0.6 is 0 Å². The van der Waals surface area contributed by atoms with Crippen LogP contribution in [0.4, 0.5) is 0 Å². The molecule has 3 nitrogen and oxygen atoms in total. The number of ketones is 1. The Morgan fingerprint density at radius 1 is 1.33 bits per heavy atom. The first-order chi connectivity index (χ1) is 10.8. The Hall–Kier alpha value is -0.193. The Morgan fingerprint density at radius 3 is 2.38 bits per heavy atom. The average molecular weight is 355 g/mol. The van der Waals surface area contributed by atoms with Crippen LogP contribution in [0.1, 0.15) is 60.8 Å². The molecule has 140 valence electrons. The van der Waals surface area contributed by atoms with Crippen molar-refractivity contribution in [2.45, 2.75) is 85.0 Å². The first kappa shape index (κ1) is 20.1. The highest BCUT2D eigenvalue weighted by Crippen LogP contribution is 2.54. The number of carbonyl (C=O) groups is 1. The van der Waals surface area contributed by atoms with Gasteiger partial charge in [0.05, 0.1) is 11.5 Å². The average Bonchev–Trinajstić information content (AvgIpc) is 2.40. The number of hydrogen-bond donors (Lipinski definition) is 1. The Kier molecular flexibility index (Phi) is 5.46. The molecule has 0 amide bonds. The van der Waals surface area contributed by atoms with E-state index in [2.05, 4.69) is 47.7 Å². The molecule has 0 spiro atoms. The molecule has 24 heavy (non-hydrogen) atoms. The van der Waals surface area contributed by atoms with Gasteiger partial charge in [-0.3, -0.25) is 4.79 Å². The van der Waals surface area contributed by atoms with E-state index in [1.807, 2.05) is 6.92 Å². The molecule has 3 aliphatic carbocycles. The van der Waals surface area contributed by atoms with Crippen molar-refractivity contribution in [2.75, 3.05) is 6.61 Å². The second-order valence-corrected chi connectivity index (χ2v) is 15.2. The summed E-state index contributed by atoms with van der Waals surface area (Å²) >= 11 is 0. The van der Waals surface area contributed by atoms with Crippen molar-refractivity contribution in [1.29, 1.82) is 0 Å². The second-order valence-electron chi connectivity index (χ2n) is 10.4. The van der Waals surface area contributed by atoms with Crippen molar-refractivity contribution in [1.82, 2.24) is 0 Å². The molecule has 0 radical (unpaired) electrons. The topological polar surface area (TPSA) is 46.5 Å². The van der Waals surface area contributed by atoms with E-state index >= 15 is 0 Å². The van der Waals surface area contributed by atoms with E-state index in [1.54, 1.807) is 0 Å². The first-order valence-electron chi connectivity index (χ1n) is 9.65. The molecule has 0 aromatic rings. The summed E-state index contributed by atoms with van der Waals surface area (Å²) in [6.45, 7) is 18.8. The lowest BCUT2D eigenvalue weighted by Crippen LogP contribution is -2.56. The molecule has 0 saturated heterocycles. The highest BCUT2D eigenvalue weighted by Gasteiger charge is 2.56. The van der Waals surface area contributed by atoms with Gasteiger partial charge in [0.2, 0.25) is 0 Å². The summed E-state index contributed by atoms with van der Waals surface area (Å²) in [5.41, 5.74) is -0.524. The number of carbonyl (C=O) groups excluding carboxylic acids is 1. The van der Waals surface area contributed by atoms with Crippen molar-refractivity contribution in [3.8, 4) is 0 Å². The van der Waals surface area contributed by atoms with Crippen molar-refractivity contribution in [3.05, 3.63) is 0 Å². The molecule has 1 N–H and O–H groups in total. The van der Waals surface area contributed by atoms with E-state index in [9.17, 15) is 9.90 Å². The molecule has 0 aliphatic heterocycles. The summed E-state index contributed by atoms with van der Waals surface area (Å²) in [6.07, 6.45) is 1.83. The predicted octanol–water partition coefficient (Wildman–Crippen LogP) is 4.65. The third kappa shape index (κ3) is 3.52. The molecule has 3 saturated carbocycles. The summed E-state index contributed by atoms with van der Waals surface area (Å²) in [5, 5.41) is 10.6. The Labute approximate surface area is 149 Å². The third-order valence-corrected chi connectivity index (χ3v) is 12.0. The minimum atomic E-state index is -1.76. The van der Waals surface area contributed by atoms with Crippen LogP contribution in [-0.4, -0.2) is 31.9 Å². The molecule has 3 fully saturated rings. The van der Waals surface area contributed by atoms with Crippen LogP contribution < -0.4 is 0 Å². The van der Waals surface area contributed by atoms with E-state index in [0.29, 0.717) is 30.1 Å². The molecule has 4 heteroatoms. The van der Waals surface area contributed by atoms with Gasteiger partial charge in [0, 0.05) is 13.0 Å². The number of Topliss-reactive ketones (excluding diaryl/α,β-unsaturated/α-hetero) is 1. The van der Waals surface area contributed by atoms with Gasteiger partial charge in [-0.15, -0.1) is 0 Å². The number of fused-ring (bicyclic) bond motifs is 3. The molecule has 2 bridgehead atoms. The lowest BCUT2D eigenvalue weighted by molar-refractivity contribution is -0.160. The Balaban J connectivity index is 2.14. The van der Waals surface area contributed by atoms with Gasteiger partial charge in [0.1, 0.15) is 5.78 Å². The van der Waals surface area contributed by atoms with Crippen LogP contribution in [0.2, 0.25) is 18.1 Å². The first-order valence-corrected chi connectivity index (χ1v) is 12.6. The minimum absolute atomic E-state index is 0.220. The predicted molar refractivity (Wildman–Crippen MR) is 101 cm³/mol. The summed E-state index contributed by atoms with van der Waals surface area (Å²) < 4.78 is 6.56. The largest absolute Gasteiger partial charge is 0.417 e. The highest BCUT2D eigenvalue weighted by molar-refractivity contribution is 6.74. The maximum absolute atomic E-state index is 12.4. The summed E-state index contributed by atoms with van der Waals surface area (Å²) in [5.74, 6) is 2.12. The fraction of sp³-hybridized carbons (Fsp3) is 0.950. The van der Waals surface area contributed by atoms with E-state index in [4.69, 9.17) is 4.43 Å². The van der Waals surface area contributed by atoms with Gasteiger partial charge < -0.3 is 9.53 Å². The van der Waals surface area contributed by atoms with E-state index in [1.165, 1.54) is 0 Å². The lowest BCUT2D eigenvalue weighted by atomic mass is 9.52.